The zero-order chi connectivity index (χ0) is 17.9. The minimum Gasteiger partial charge on any atom is -0.497 e. The van der Waals surface area contributed by atoms with Crippen LogP contribution in [-0.2, 0) is 6.54 Å². The van der Waals surface area contributed by atoms with E-state index in [2.05, 4.69) is 38.4 Å². The minimum atomic E-state index is 0.000554. The lowest BCUT2D eigenvalue weighted by Gasteiger charge is -2.27. The molecular weight excluding hydrogens is 344 g/mol. The van der Waals surface area contributed by atoms with Crippen LogP contribution >= 0.6 is 12.2 Å². The lowest BCUT2D eigenvalue weighted by Crippen LogP contribution is -2.29. The van der Waals surface area contributed by atoms with Gasteiger partial charge in [0.2, 0.25) is 0 Å². The quantitative estimate of drug-likeness (QED) is 0.678. The Balaban J connectivity index is 1.66. The average molecular weight is 364 g/mol. The zero-order valence-corrected chi connectivity index (χ0v) is 15.2. The number of nitrogens with one attached hydrogen (secondary N) is 2. The van der Waals surface area contributed by atoms with Gasteiger partial charge in [0.25, 0.3) is 0 Å². The van der Waals surface area contributed by atoms with Crippen LogP contribution in [0, 0.1) is 0 Å². The topological polar surface area (TPSA) is 53.2 Å². The maximum Gasteiger partial charge on any atom is 0.170 e. The molecule has 3 aromatic rings. The van der Waals surface area contributed by atoms with Crippen LogP contribution in [0.4, 0.5) is 0 Å². The third kappa shape index (κ3) is 3.15. The second kappa shape index (κ2) is 7.17. The van der Waals surface area contributed by atoms with Crippen LogP contribution in [0.25, 0.3) is 0 Å². The van der Waals surface area contributed by atoms with Gasteiger partial charge in [0, 0.05) is 24.6 Å². The number of hydrogen-bond acceptors (Lipinski definition) is 3. The number of nitrogens with zero attached hydrogens (tertiary/aromatic N) is 2. The fraction of sp³-hybridized carbons (Fsp3) is 0.200. The van der Waals surface area contributed by atoms with E-state index in [1.807, 2.05) is 48.8 Å². The van der Waals surface area contributed by atoms with Gasteiger partial charge in [-0.2, -0.15) is 0 Å². The molecule has 132 valence electrons. The first-order valence-electron chi connectivity index (χ1n) is 8.50. The molecule has 26 heavy (non-hydrogen) atoms. The molecule has 0 aliphatic carbocycles. The van der Waals surface area contributed by atoms with Crippen molar-refractivity contribution in [1.82, 2.24) is 20.2 Å². The number of aromatic amines is 1. The first-order valence-corrected chi connectivity index (χ1v) is 8.91. The van der Waals surface area contributed by atoms with Gasteiger partial charge < -0.3 is 19.9 Å². The Morgan fingerprint density at radius 2 is 1.96 bits per heavy atom. The first-order chi connectivity index (χ1) is 12.8. The number of aromatic nitrogens is 2. The maximum absolute atomic E-state index is 5.66. The molecule has 0 radical (unpaired) electrons. The summed E-state index contributed by atoms with van der Waals surface area (Å²) in [5.41, 5.74) is 3.27. The monoisotopic (exact) mass is 364 g/mol. The van der Waals surface area contributed by atoms with Gasteiger partial charge in [-0.3, -0.25) is 4.98 Å². The first kappa shape index (κ1) is 16.6. The molecule has 0 bridgehead atoms. The number of benzene rings is 1. The van der Waals surface area contributed by atoms with E-state index in [1.165, 1.54) is 5.56 Å². The average Bonchev–Trinajstić information content (AvgIpc) is 3.32. The van der Waals surface area contributed by atoms with Crippen LogP contribution in [0.3, 0.4) is 0 Å². The Labute approximate surface area is 158 Å². The van der Waals surface area contributed by atoms with E-state index in [1.54, 1.807) is 7.11 Å². The van der Waals surface area contributed by atoms with E-state index in [0.717, 1.165) is 22.2 Å². The summed E-state index contributed by atoms with van der Waals surface area (Å²) >= 11 is 5.66. The summed E-state index contributed by atoms with van der Waals surface area (Å²) < 4.78 is 5.25. The van der Waals surface area contributed by atoms with Gasteiger partial charge in [-0.05, 0) is 54.2 Å². The predicted octanol–water partition coefficient (Wildman–Crippen LogP) is 3.59. The summed E-state index contributed by atoms with van der Waals surface area (Å²) in [6.07, 6.45) is 3.76. The van der Waals surface area contributed by atoms with Gasteiger partial charge in [-0.25, -0.2) is 0 Å². The molecule has 2 N–H and O–H groups in total. The summed E-state index contributed by atoms with van der Waals surface area (Å²) in [6, 6.07) is 18.2. The van der Waals surface area contributed by atoms with Crippen molar-refractivity contribution >= 4 is 17.3 Å². The van der Waals surface area contributed by atoms with Gasteiger partial charge in [-0.1, -0.05) is 18.2 Å². The van der Waals surface area contributed by atoms with Crippen LogP contribution in [0.15, 0.2) is 67.0 Å². The fourth-order valence-electron chi connectivity index (χ4n) is 3.37. The minimum absolute atomic E-state index is 0.000554. The largest absolute Gasteiger partial charge is 0.497 e. The Kier molecular flexibility index (Phi) is 4.58. The summed E-state index contributed by atoms with van der Waals surface area (Å²) in [4.78, 5) is 10.1. The lowest BCUT2D eigenvalue weighted by molar-refractivity contribution is 0.306. The molecule has 1 fully saturated rings. The summed E-state index contributed by atoms with van der Waals surface area (Å²) in [5, 5.41) is 4.18. The highest BCUT2D eigenvalue weighted by Crippen LogP contribution is 2.38. The van der Waals surface area contributed by atoms with E-state index in [0.29, 0.717) is 6.54 Å². The van der Waals surface area contributed by atoms with Gasteiger partial charge in [-0.15, -0.1) is 0 Å². The number of methoxy groups -OCH3 is 1. The van der Waals surface area contributed by atoms with Crippen molar-refractivity contribution in [3.05, 3.63) is 83.9 Å². The molecule has 2 atom stereocenters. The van der Waals surface area contributed by atoms with E-state index in [-0.39, 0.29) is 12.1 Å². The van der Waals surface area contributed by atoms with Gasteiger partial charge in [0.15, 0.2) is 5.11 Å². The number of ether oxygens (including phenoxy) is 1. The van der Waals surface area contributed by atoms with Gasteiger partial charge in [0.1, 0.15) is 5.75 Å². The summed E-state index contributed by atoms with van der Waals surface area (Å²) in [7, 11) is 1.67. The summed E-state index contributed by atoms with van der Waals surface area (Å²) in [5.74, 6) is 0.850. The van der Waals surface area contributed by atoms with Crippen molar-refractivity contribution in [2.45, 2.75) is 18.6 Å². The Hall–Kier alpha value is -2.86. The van der Waals surface area contributed by atoms with Gasteiger partial charge >= 0.3 is 0 Å². The molecule has 0 saturated carbocycles. The third-order valence-corrected chi connectivity index (χ3v) is 5.00. The number of hydrogen-bond donors (Lipinski definition) is 2. The highest BCUT2D eigenvalue weighted by atomic mass is 32.1. The molecule has 0 amide bonds. The summed E-state index contributed by atoms with van der Waals surface area (Å²) in [6.45, 7) is 0.711. The van der Waals surface area contributed by atoms with Crippen molar-refractivity contribution in [3.63, 3.8) is 0 Å². The molecular formula is C20H20N4OS. The SMILES string of the molecule is COc1ccc(CN2C(=S)N[C@H](c3ccccn3)[C@@H]2c2ccc[nH]2)cc1. The van der Waals surface area contributed by atoms with E-state index in [9.17, 15) is 0 Å². The van der Waals surface area contributed by atoms with E-state index in [4.69, 9.17) is 17.0 Å². The van der Waals surface area contributed by atoms with Crippen LogP contribution in [0.2, 0.25) is 0 Å². The third-order valence-electron chi connectivity index (χ3n) is 4.65. The molecule has 1 aromatic carbocycles. The standard InChI is InChI=1S/C20H20N4OS/c1-25-15-9-7-14(8-10-15)13-24-19(17-6-4-12-22-17)18(23-20(24)26)16-5-2-3-11-21-16/h2-12,18-19,22H,13H2,1H3,(H,23,26)/t18-,19+/m1/s1. The number of H-pyrrole nitrogens is 1. The molecule has 6 heteroatoms. The van der Waals surface area contributed by atoms with Crippen LogP contribution in [0.5, 0.6) is 5.75 Å². The second-order valence-corrected chi connectivity index (χ2v) is 6.61. The lowest BCUT2D eigenvalue weighted by atomic mass is 10.0. The number of thiocarbonyl (C=S) groups is 1. The highest BCUT2D eigenvalue weighted by molar-refractivity contribution is 7.80. The molecule has 1 saturated heterocycles. The molecule has 0 unspecified atom stereocenters. The van der Waals surface area contributed by atoms with Crippen LogP contribution in [0.1, 0.15) is 29.0 Å². The van der Waals surface area contributed by atoms with Crippen molar-refractivity contribution < 1.29 is 4.74 Å². The van der Waals surface area contributed by atoms with Crippen molar-refractivity contribution in [1.29, 1.82) is 0 Å². The molecule has 5 nitrogen and oxygen atoms in total. The Morgan fingerprint density at radius 3 is 2.62 bits per heavy atom. The fourth-order valence-corrected chi connectivity index (χ4v) is 3.68. The van der Waals surface area contributed by atoms with Crippen molar-refractivity contribution in [3.8, 4) is 5.75 Å². The number of rotatable bonds is 5. The van der Waals surface area contributed by atoms with E-state index < -0.39 is 0 Å². The molecule has 3 heterocycles. The Morgan fingerprint density at radius 1 is 1.12 bits per heavy atom. The van der Waals surface area contributed by atoms with Crippen LogP contribution < -0.4 is 10.1 Å². The van der Waals surface area contributed by atoms with Crippen molar-refractivity contribution in [2.24, 2.45) is 0 Å². The van der Waals surface area contributed by atoms with Crippen molar-refractivity contribution in [2.75, 3.05) is 7.11 Å². The molecule has 0 spiro atoms. The number of pyridine rings is 1. The molecule has 1 aliphatic heterocycles. The predicted molar refractivity (Wildman–Crippen MR) is 105 cm³/mol. The molecule has 1 aliphatic rings. The Bertz CT molecular complexity index is 865. The van der Waals surface area contributed by atoms with E-state index >= 15 is 0 Å². The zero-order valence-electron chi connectivity index (χ0n) is 14.4. The normalized spacial score (nSPS) is 19.4. The highest BCUT2D eigenvalue weighted by Gasteiger charge is 2.40. The molecule has 2 aromatic heterocycles. The smallest absolute Gasteiger partial charge is 0.170 e. The second-order valence-electron chi connectivity index (χ2n) is 6.23. The molecule has 4 rings (SSSR count). The van der Waals surface area contributed by atoms with Gasteiger partial charge in [0.05, 0.1) is 24.9 Å². The maximum atomic E-state index is 5.66. The van der Waals surface area contributed by atoms with Crippen LogP contribution in [-0.4, -0.2) is 27.1 Å².